The predicted molar refractivity (Wildman–Crippen MR) is 124 cm³/mol. The fraction of sp³-hybridized carbons (Fsp3) is 0.296. The third-order valence-electron chi connectivity index (χ3n) is 6.57. The minimum absolute atomic E-state index is 0.256. The maximum atomic E-state index is 13.0. The summed E-state index contributed by atoms with van der Waals surface area (Å²) >= 11 is 0. The van der Waals surface area contributed by atoms with Gasteiger partial charge in [-0.15, -0.1) is 0 Å². The van der Waals surface area contributed by atoms with Crippen molar-refractivity contribution in [3.63, 3.8) is 0 Å². The zero-order valence-corrected chi connectivity index (χ0v) is 18.5. The molecular formula is C27H26F3N3. The Kier molecular flexibility index (Phi) is 5.71. The Morgan fingerprint density at radius 1 is 1.00 bits per heavy atom. The average molecular weight is 450 g/mol. The molecule has 0 bridgehead atoms. The van der Waals surface area contributed by atoms with E-state index < -0.39 is 11.7 Å². The van der Waals surface area contributed by atoms with Gasteiger partial charge in [-0.05, 0) is 60.7 Å². The second-order valence-electron chi connectivity index (χ2n) is 8.88. The van der Waals surface area contributed by atoms with Crippen LogP contribution in [0.5, 0.6) is 0 Å². The van der Waals surface area contributed by atoms with Gasteiger partial charge < -0.3 is 4.57 Å². The molecule has 5 rings (SSSR count). The summed E-state index contributed by atoms with van der Waals surface area (Å²) in [5.41, 5.74) is 4.52. The Hall–Kier alpha value is -3.12. The fourth-order valence-corrected chi connectivity index (χ4v) is 4.95. The molecule has 1 fully saturated rings. The number of aryl methyl sites for hydroxylation is 1. The molecule has 1 aliphatic heterocycles. The van der Waals surface area contributed by atoms with Crippen LogP contribution in [0.4, 0.5) is 13.2 Å². The number of hydrogen-bond acceptors (Lipinski definition) is 2. The molecule has 0 aliphatic carbocycles. The first-order valence-electron chi connectivity index (χ1n) is 11.3. The lowest BCUT2D eigenvalue weighted by Crippen LogP contribution is -2.23. The van der Waals surface area contributed by atoms with Crippen LogP contribution in [-0.2, 0) is 26.2 Å². The molecule has 170 valence electrons. The van der Waals surface area contributed by atoms with Crippen molar-refractivity contribution >= 4 is 10.9 Å². The van der Waals surface area contributed by atoms with Crippen LogP contribution in [0, 0.1) is 0 Å². The molecule has 4 aromatic rings. The first kappa shape index (κ1) is 21.7. The van der Waals surface area contributed by atoms with E-state index in [9.17, 15) is 13.2 Å². The molecule has 1 aliphatic rings. The zero-order valence-electron chi connectivity index (χ0n) is 18.5. The van der Waals surface area contributed by atoms with E-state index in [0.29, 0.717) is 12.0 Å². The zero-order chi connectivity index (χ0) is 23.0. The second kappa shape index (κ2) is 8.67. The largest absolute Gasteiger partial charge is 0.416 e. The van der Waals surface area contributed by atoms with Gasteiger partial charge in [-0.2, -0.15) is 13.2 Å². The molecule has 1 atom stereocenters. The first-order chi connectivity index (χ1) is 15.9. The summed E-state index contributed by atoms with van der Waals surface area (Å²) in [7, 11) is 2.08. The van der Waals surface area contributed by atoms with Crippen LogP contribution in [-0.4, -0.2) is 21.0 Å². The van der Waals surface area contributed by atoms with Crippen LogP contribution in [0.3, 0.4) is 0 Å². The lowest BCUT2D eigenvalue weighted by atomic mass is 10.0. The third kappa shape index (κ3) is 4.53. The van der Waals surface area contributed by atoms with E-state index in [0.717, 1.165) is 43.3 Å². The highest BCUT2D eigenvalue weighted by Gasteiger charge is 2.30. The maximum Gasteiger partial charge on any atom is 0.416 e. The maximum absolute atomic E-state index is 13.0. The number of rotatable bonds is 5. The third-order valence-corrected chi connectivity index (χ3v) is 6.57. The molecule has 0 N–H and O–H groups in total. The van der Waals surface area contributed by atoms with Crippen LogP contribution >= 0.6 is 0 Å². The number of nitrogens with zero attached hydrogens (tertiary/aromatic N) is 3. The number of halogens is 3. The summed E-state index contributed by atoms with van der Waals surface area (Å²) in [6.45, 7) is 1.90. The number of aromatic nitrogens is 2. The van der Waals surface area contributed by atoms with Gasteiger partial charge in [0.1, 0.15) is 0 Å². The smallest absolute Gasteiger partial charge is 0.350 e. The summed E-state index contributed by atoms with van der Waals surface area (Å²) in [5.74, 6) is 0. The molecule has 3 nitrogen and oxygen atoms in total. The number of fused-ring (bicyclic) bond motifs is 1. The van der Waals surface area contributed by atoms with Crippen molar-refractivity contribution in [3.05, 3.63) is 101 Å². The lowest BCUT2D eigenvalue weighted by Gasteiger charge is -2.24. The highest BCUT2D eigenvalue weighted by Crippen LogP contribution is 2.34. The van der Waals surface area contributed by atoms with Gasteiger partial charge >= 0.3 is 6.18 Å². The molecule has 0 radical (unpaired) electrons. The second-order valence-corrected chi connectivity index (χ2v) is 8.88. The van der Waals surface area contributed by atoms with Gasteiger partial charge in [-0.1, -0.05) is 42.5 Å². The van der Waals surface area contributed by atoms with E-state index in [1.54, 1.807) is 6.07 Å². The van der Waals surface area contributed by atoms with E-state index in [4.69, 9.17) is 4.98 Å². The van der Waals surface area contributed by atoms with Crippen LogP contribution in [0.1, 0.15) is 46.8 Å². The summed E-state index contributed by atoms with van der Waals surface area (Å²) < 4.78 is 41.2. The molecule has 3 heterocycles. The van der Waals surface area contributed by atoms with E-state index in [2.05, 4.69) is 47.0 Å². The quantitative estimate of drug-likeness (QED) is 0.346. The summed E-state index contributed by atoms with van der Waals surface area (Å²) in [5, 5.41) is 1.29. The lowest BCUT2D eigenvalue weighted by molar-refractivity contribution is -0.137. The first-order valence-corrected chi connectivity index (χ1v) is 11.3. The molecule has 1 saturated heterocycles. The number of hydrogen-bond donors (Lipinski definition) is 0. The monoisotopic (exact) mass is 449 g/mol. The van der Waals surface area contributed by atoms with Crippen molar-refractivity contribution in [1.82, 2.24) is 14.5 Å². The number of likely N-dealkylation sites (tertiary alicyclic amines) is 1. The van der Waals surface area contributed by atoms with Crippen LogP contribution < -0.4 is 0 Å². The van der Waals surface area contributed by atoms with Crippen molar-refractivity contribution in [2.24, 2.45) is 7.05 Å². The molecule has 6 heteroatoms. The number of para-hydroxylation sites is 1. The fourth-order valence-electron chi connectivity index (χ4n) is 4.95. The van der Waals surface area contributed by atoms with Gasteiger partial charge in [0.25, 0.3) is 0 Å². The Morgan fingerprint density at radius 3 is 2.64 bits per heavy atom. The molecule has 0 amide bonds. The summed E-state index contributed by atoms with van der Waals surface area (Å²) in [6, 6.07) is 18.3. The SMILES string of the molecule is Cn1cc(CN2CCCC2c2ccc(Cc3cccc(C(F)(F)F)c3)cn2)c2ccccc21. The van der Waals surface area contributed by atoms with Crippen LogP contribution in [0.25, 0.3) is 10.9 Å². The minimum atomic E-state index is -4.33. The highest BCUT2D eigenvalue weighted by atomic mass is 19.4. The molecular weight excluding hydrogens is 423 g/mol. The van der Waals surface area contributed by atoms with Crippen LogP contribution in [0.2, 0.25) is 0 Å². The molecule has 2 aromatic carbocycles. The van der Waals surface area contributed by atoms with Gasteiger partial charge in [0.15, 0.2) is 0 Å². The van der Waals surface area contributed by atoms with Gasteiger partial charge in [0.05, 0.1) is 17.3 Å². The topological polar surface area (TPSA) is 21.1 Å². The number of pyridine rings is 1. The van der Waals surface area contributed by atoms with Gasteiger partial charge in [0.2, 0.25) is 0 Å². The minimum Gasteiger partial charge on any atom is -0.350 e. The standard InChI is InChI=1S/C27H26F3N3/c1-32-17-21(23-8-2-3-9-25(23)32)18-33-13-5-10-26(33)24-12-11-20(16-31-24)14-19-6-4-7-22(15-19)27(28,29)30/h2-4,6-9,11-12,15-17,26H,5,10,13-14,18H2,1H3. The van der Waals surface area contributed by atoms with E-state index in [1.807, 2.05) is 18.3 Å². The molecule has 0 spiro atoms. The van der Waals surface area contributed by atoms with Crippen molar-refractivity contribution in [3.8, 4) is 0 Å². The summed E-state index contributed by atoms with van der Waals surface area (Å²) in [6.07, 6.45) is 2.32. The average Bonchev–Trinajstić information content (AvgIpc) is 3.39. The molecule has 1 unspecified atom stereocenters. The molecule has 0 saturated carbocycles. The Balaban J connectivity index is 1.31. The van der Waals surface area contributed by atoms with Gasteiger partial charge in [0, 0.05) is 36.9 Å². The highest BCUT2D eigenvalue weighted by molar-refractivity contribution is 5.83. The normalized spacial score (nSPS) is 17.2. The van der Waals surface area contributed by atoms with Gasteiger partial charge in [-0.25, -0.2) is 0 Å². The Labute approximate surface area is 191 Å². The van der Waals surface area contributed by atoms with Crippen molar-refractivity contribution in [2.75, 3.05) is 6.54 Å². The number of alkyl halides is 3. The van der Waals surface area contributed by atoms with Crippen LogP contribution in [0.15, 0.2) is 73.1 Å². The van der Waals surface area contributed by atoms with E-state index in [-0.39, 0.29) is 6.04 Å². The van der Waals surface area contributed by atoms with Crippen molar-refractivity contribution in [2.45, 2.75) is 38.0 Å². The summed E-state index contributed by atoms with van der Waals surface area (Å²) in [4.78, 5) is 7.20. The molecule has 33 heavy (non-hydrogen) atoms. The Bertz CT molecular complexity index is 1260. The van der Waals surface area contributed by atoms with E-state index >= 15 is 0 Å². The molecule has 2 aromatic heterocycles. The van der Waals surface area contributed by atoms with Crippen molar-refractivity contribution < 1.29 is 13.2 Å². The predicted octanol–water partition coefficient (Wildman–Crippen LogP) is 6.52. The van der Waals surface area contributed by atoms with E-state index in [1.165, 1.54) is 28.6 Å². The van der Waals surface area contributed by atoms with Gasteiger partial charge in [-0.3, -0.25) is 9.88 Å². The number of benzene rings is 2. The van der Waals surface area contributed by atoms with Crippen molar-refractivity contribution in [1.29, 1.82) is 0 Å². The Morgan fingerprint density at radius 2 is 1.85 bits per heavy atom.